The van der Waals surface area contributed by atoms with Gasteiger partial charge in [0.25, 0.3) is 10.2 Å². The van der Waals surface area contributed by atoms with E-state index in [0.717, 1.165) is 19.4 Å². The molecule has 1 saturated heterocycles. The Balaban J connectivity index is 2.31. The molecule has 6 nitrogen and oxygen atoms in total. The van der Waals surface area contributed by atoms with E-state index in [0.29, 0.717) is 25.7 Å². The van der Waals surface area contributed by atoms with Gasteiger partial charge < -0.3 is 11.1 Å². The van der Waals surface area contributed by atoms with Crippen molar-refractivity contribution in [2.75, 3.05) is 26.2 Å². The normalized spacial score (nSPS) is 21.3. The third-order valence-corrected chi connectivity index (χ3v) is 3.48. The largest absolute Gasteiger partial charge is 0.329 e. The Morgan fingerprint density at radius 3 is 2.36 bits per heavy atom. The van der Waals surface area contributed by atoms with Gasteiger partial charge in [-0.1, -0.05) is 0 Å². The molecule has 0 atom stereocenters. The Labute approximate surface area is 84.8 Å². The zero-order chi connectivity index (χ0) is 10.6. The van der Waals surface area contributed by atoms with Crippen LogP contribution in [0.5, 0.6) is 0 Å². The first kappa shape index (κ1) is 11.9. The average molecular weight is 222 g/mol. The average Bonchev–Trinajstić information content (AvgIpc) is 2.14. The maximum absolute atomic E-state index is 11.0. The molecule has 1 rings (SSSR count). The van der Waals surface area contributed by atoms with Gasteiger partial charge in [0.2, 0.25) is 0 Å². The van der Waals surface area contributed by atoms with Crippen LogP contribution in [-0.4, -0.2) is 44.9 Å². The fourth-order valence-corrected chi connectivity index (χ4v) is 2.32. The lowest BCUT2D eigenvalue weighted by atomic mass is 10.1. The molecule has 0 aromatic rings. The second-order valence-electron chi connectivity index (χ2n) is 3.46. The van der Waals surface area contributed by atoms with Gasteiger partial charge in [-0.25, -0.2) is 5.14 Å². The van der Waals surface area contributed by atoms with Crippen molar-refractivity contribution in [3.8, 4) is 0 Å². The molecule has 0 aliphatic carbocycles. The molecule has 0 bridgehead atoms. The highest BCUT2D eigenvalue weighted by molar-refractivity contribution is 7.86. The SMILES string of the molecule is NCCNC1CCN(S(N)(=O)=O)CC1. The van der Waals surface area contributed by atoms with E-state index in [9.17, 15) is 8.42 Å². The lowest BCUT2D eigenvalue weighted by molar-refractivity contribution is 0.291. The predicted octanol–water partition coefficient (Wildman–Crippen LogP) is -1.80. The molecule has 7 heteroatoms. The van der Waals surface area contributed by atoms with Crippen LogP contribution in [0.2, 0.25) is 0 Å². The van der Waals surface area contributed by atoms with Gasteiger partial charge >= 0.3 is 0 Å². The van der Waals surface area contributed by atoms with Crippen LogP contribution < -0.4 is 16.2 Å². The van der Waals surface area contributed by atoms with Crippen LogP contribution in [0.25, 0.3) is 0 Å². The highest BCUT2D eigenvalue weighted by Crippen LogP contribution is 2.11. The summed E-state index contributed by atoms with van der Waals surface area (Å²) < 4.78 is 23.3. The van der Waals surface area contributed by atoms with E-state index in [1.165, 1.54) is 4.31 Å². The van der Waals surface area contributed by atoms with E-state index in [-0.39, 0.29) is 0 Å². The van der Waals surface area contributed by atoms with Gasteiger partial charge in [0.05, 0.1) is 0 Å². The molecule has 84 valence electrons. The smallest absolute Gasteiger partial charge is 0.276 e. The van der Waals surface area contributed by atoms with Gasteiger partial charge in [-0.2, -0.15) is 12.7 Å². The van der Waals surface area contributed by atoms with E-state index in [1.54, 1.807) is 0 Å². The van der Waals surface area contributed by atoms with E-state index in [4.69, 9.17) is 10.9 Å². The van der Waals surface area contributed by atoms with Crippen molar-refractivity contribution in [2.24, 2.45) is 10.9 Å². The molecule has 5 N–H and O–H groups in total. The Kier molecular flexibility index (Phi) is 4.27. The molecule has 0 aromatic heterocycles. The molecule has 1 heterocycles. The van der Waals surface area contributed by atoms with Crippen molar-refractivity contribution in [3.05, 3.63) is 0 Å². The summed E-state index contributed by atoms with van der Waals surface area (Å²) in [5.74, 6) is 0. The number of nitrogens with one attached hydrogen (secondary N) is 1. The molecule has 1 aliphatic rings. The zero-order valence-electron chi connectivity index (χ0n) is 8.15. The Morgan fingerprint density at radius 2 is 1.93 bits per heavy atom. The van der Waals surface area contributed by atoms with Crippen molar-refractivity contribution in [3.63, 3.8) is 0 Å². The van der Waals surface area contributed by atoms with Crippen molar-refractivity contribution in [1.29, 1.82) is 0 Å². The fourth-order valence-electron chi connectivity index (χ4n) is 1.60. The van der Waals surface area contributed by atoms with E-state index >= 15 is 0 Å². The Hall–Kier alpha value is -0.210. The molecule has 0 saturated carbocycles. The minimum absolute atomic E-state index is 0.372. The second kappa shape index (κ2) is 5.04. The summed E-state index contributed by atoms with van der Waals surface area (Å²) in [6.07, 6.45) is 1.60. The van der Waals surface area contributed by atoms with Crippen LogP contribution in [-0.2, 0) is 10.2 Å². The summed E-state index contributed by atoms with van der Waals surface area (Å²) >= 11 is 0. The zero-order valence-corrected chi connectivity index (χ0v) is 8.96. The van der Waals surface area contributed by atoms with Gasteiger partial charge in [-0.3, -0.25) is 0 Å². The fraction of sp³-hybridized carbons (Fsp3) is 1.00. The summed E-state index contributed by atoms with van der Waals surface area (Å²) in [5.41, 5.74) is 5.35. The summed E-state index contributed by atoms with van der Waals surface area (Å²) in [4.78, 5) is 0. The highest BCUT2D eigenvalue weighted by atomic mass is 32.2. The predicted molar refractivity (Wildman–Crippen MR) is 54.8 cm³/mol. The Morgan fingerprint density at radius 1 is 1.36 bits per heavy atom. The van der Waals surface area contributed by atoms with E-state index in [1.807, 2.05) is 0 Å². The molecule has 0 radical (unpaired) electrons. The lowest BCUT2D eigenvalue weighted by Gasteiger charge is -2.30. The molecule has 1 aliphatic heterocycles. The van der Waals surface area contributed by atoms with E-state index < -0.39 is 10.2 Å². The van der Waals surface area contributed by atoms with Gasteiger partial charge in [-0.15, -0.1) is 0 Å². The van der Waals surface area contributed by atoms with Crippen LogP contribution in [0.3, 0.4) is 0 Å². The number of nitrogens with two attached hydrogens (primary N) is 2. The first-order valence-electron chi connectivity index (χ1n) is 4.75. The number of rotatable bonds is 4. The van der Waals surface area contributed by atoms with Crippen molar-refractivity contribution >= 4 is 10.2 Å². The quantitative estimate of drug-likeness (QED) is 0.522. The summed E-state index contributed by atoms with van der Waals surface area (Å²) in [6, 6.07) is 0.372. The van der Waals surface area contributed by atoms with Crippen molar-refractivity contribution < 1.29 is 8.42 Å². The monoisotopic (exact) mass is 222 g/mol. The lowest BCUT2D eigenvalue weighted by Crippen LogP contribution is -2.47. The third kappa shape index (κ3) is 3.50. The molecular weight excluding hydrogens is 204 g/mol. The molecule has 14 heavy (non-hydrogen) atoms. The first-order chi connectivity index (χ1) is 6.54. The van der Waals surface area contributed by atoms with Crippen LogP contribution in [0, 0.1) is 0 Å². The van der Waals surface area contributed by atoms with Crippen LogP contribution in [0.1, 0.15) is 12.8 Å². The number of hydrogen-bond donors (Lipinski definition) is 3. The molecule has 0 spiro atoms. The van der Waals surface area contributed by atoms with Gasteiger partial charge in [0.15, 0.2) is 0 Å². The molecule has 0 aromatic carbocycles. The van der Waals surface area contributed by atoms with Crippen molar-refractivity contribution in [1.82, 2.24) is 9.62 Å². The standard InChI is InChI=1S/C7H18N4O2S/c8-3-4-10-7-1-5-11(6-2-7)14(9,12)13/h7,10H,1-6,8H2,(H2,9,12,13). The first-order valence-corrected chi connectivity index (χ1v) is 6.25. The van der Waals surface area contributed by atoms with Crippen LogP contribution in [0.15, 0.2) is 0 Å². The minimum atomic E-state index is -3.49. The summed E-state index contributed by atoms with van der Waals surface area (Å²) in [5, 5.41) is 8.27. The molecular formula is C7H18N4O2S. The Bertz CT molecular complexity index is 259. The molecule has 0 amide bonds. The maximum atomic E-state index is 11.0. The number of hydrogen-bond acceptors (Lipinski definition) is 4. The minimum Gasteiger partial charge on any atom is -0.329 e. The van der Waals surface area contributed by atoms with E-state index in [2.05, 4.69) is 5.32 Å². The third-order valence-electron chi connectivity index (χ3n) is 2.39. The summed E-state index contributed by atoms with van der Waals surface area (Å²) in [6.45, 7) is 2.39. The topological polar surface area (TPSA) is 101 Å². The second-order valence-corrected chi connectivity index (χ2v) is 5.01. The number of piperidine rings is 1. The van der Waals surface area contributed by atoms with Crippen LogP contribution in [0.4, 0.5) is 0 Å². The summed E-state index contributed by atoms with van der Waals surface area (Å²) in [7, 11) is -3.49. The molecule has 0 unspecified atom stereocenters. The number of nitrogens with zero attached hydrogens (tertiary/aromatic N) is 1. The van der Waals surface area contributed by atoms with Gasteiger partial charge in [0.1, 0.15) is 0 Å². The van der Waals surface area contributed by atoms with Crippen molar-refractivity contribution in [2.45, 2.75) is 18.9 Å². The van der Waals surface area contributed by atoms with Gasteiger partial charge in [-0.05, 0) is 12.8 Å². The van der Waals surface area contributed by atoms with Crippen LogP contribution >= 0.6 is 0 Å². The highest BCUT2D eigenvalue weighted by Gasteiger charge is 2.24. The van der Waals surface area contributed by atoms with Gasteiger partial charge in [0, 0.05) is 32.2 Å². The molecule has 1 fully saturated rings. The maximum Gasteiger partial charge on any atom is 0.276 e.